The van der Waals surface area contributed by atoms with Crippen molar-refractivity contribution in [1.82, 2.24) is 20.4 Å². The van der Waals surface area contributed by atoms with Crippen LogP contribution < -0.4 is 10.6 Å². The Hall–Kier alpha value is -3.42. The molecule has 0 aliphatic carbocycles. The fourth-order valence-electron chi connectivity index (χ4n) is 5.40. The molecule has 0 radical (unpaired) electrons. The lowest BCUT2D eigenvalue weighted by atomic mass is 10.1. The highest BCUT2D eigenvalue weighted by Gasteiger charge is 2.30. The second kappa shape index (κ2) is 26.8. The Labute approximate surface area is 357 Å². The third-order valence-corrected chi connectivity index (χ3v) is 7.85. The number of hydrogen-bond donors (Lipinski definition) is 2. The van der Waals surface area contributed by atoms with E-state index >= 15 is 0 Å². The zero-order chi connectivity index (χ0) is 45.6. The van der Waals surface area contributed by atoms with Gasteiger partial charge in [-0.05, 0) is 95.9 Å². The summed E-state index contributed by atoms with van der Waals surface area (Å²) in [6.45, 7) is 24.5. The van der Waals surface area contributed by atoms with Crippen molar-refractivity contribution in [2.45, 2.75) is 143 Å². The average molecular weight is 861 g/mol. The number of carbonyl (C=O) groups is 6. The lowest BCUT2D eigenvalue weighted by molar-refractivity contribution is -0.161. The van der Waals surface area contributed by atoms with Gasteiger partial charge in [-0.2, -0.15) is 0 Å². The summed E-state index contributed by atoms with van der Waals surface area (Å²) < 4.78 is 45.0. The minimum atomic E-state index is -1.05. The van der Waals surface area contributed by atoms with Crippen molar-refractivity contribution >= 4 is 35.7 Å². The van der Waals surface area contributed by atoms with Crippen LogP contribution in [0.5, 0.6) is 0 Å². The van der Waals surface area contributed by atoms with Gasteiger partial charge in [-0.15, -0.1) is 0 Å². The van der Waals surface area contributed by atoms with E-state index in [9.17, 15) is 28.8 Å². The zero-order valence-corrected chi connectivity index (χ0v) is 38.5. The number of hydrogen-bond acceptors (Lipinski definition) is 16. The van der Waals surface area contributed by atoms with E-state index in [2.05, 4.69) is 10.6 Å². The maximum Gasteiger partial charge on any atom is 0.329 e. The molecule has 60 heavy (non-hydrogen) atoms. The predicted octanol–water partition coefficient (Wildman–Crippen LogP) is 2.57. The van der Waals surface area contributed by atoms with Gasteiger partial charge in [0.15, 0.2) is 0 Å². The molecule has 2 atom stereocenters. The largest absolute Gasteiger partial charge is 0.460 e. The van der Waals surface area contributed by atoms with E-state index < -0.39 is 70.2 Å². The van der Waals surface area contributed by atoms with Gasteiger partial charge in [0.25, 0.3) is 0 Å². The Balaban J connectivity index is 2.80. The van der Waals surface area contributed by atoms with Gasteiger partial charge >= 0.3 is 23.9 Å². The molecule has 18 heteroatoms. The number of nitrogens with one attached hydrogen (secondary N) is 2. The second-order valence-electron chi connectivity index (χ2n) is 18.6. The van der Waals surface area contributed by atoms with Gasteiger partial charge in [-0.1, -0.05) is 0 Å². The first-order valence-electron chi connectivity index (χ1n) is 20.9. The zero-order valence-electron chi connectivity index (χ0n) is 38.5. The molecule has 2 amide bonds. The Morgan fingerprint density at radius 1 is 0.450 bits per heavy atom. The number of ether oxygens (including phenoxy) is 8. The summed E-state index contributed by atoms with van der Waals surface area (Å²) in [5.74, 6) is -3.11. The summed E-state index contributed by atoms with van der Waals surface area (Å²) in [5.41, 5.74) is -2.97. The van der Waals surface area contributed by atoms with E-state index in [1.807, 2.05) is 9.80 Å². The minimum absolute atomic E-state index is 0.0126. The Bertz CT molecular complexity index is 1210. The SMILES string of the molecule is CC(C)(C)OC(=O)CCC(NC(=O)CN1CCOCCOCCN(CC(=O)NC(CCC(=O)OC(C)(C)C)C(=O)OC(C)(C)C)CCOCCOCC1)C(=O)OC(C)(C)C. The minimum Gasteiger partial charge on any atom is -0.460 e. The first kappa shape index (κ1) is 54.6. The molecule has 2 unspecified atom stereocenters. The number of rotatable bonds is 14. The van der Waals surface area contributed by atoms with Gasteiger partial charge in [0.1, 0.15) is 34.5 Å². The van der Waals surface area contributed by atoms with Crippen LogP contribution in [-0.2, 0) is 66.7 Å². The van der Waals surface area contributed by atoms with E-state index in [1.165, 1.54) is 0 Å². The van der Waals surface area contributed by atoms with Gasteiger partial charge < -0.3 is 48.5 Å². The quantitative estimate of drug-likeness (QED) is 0.190. The molecule has 0 bridgehead atoms. The maximum absolute atomic E-state index is 13.3. The van der Waals surface area contributed by atoms with Crippen LogP contribution in [0.25, 0.3) is 0 Å². The number of amides is 2. The summed E-state index contributed by atoms with van der Waals surface area (Å²) in [4.78, 5) is 81.0. The fourth-order valence-corrected chi connectivity index (χ4v) is 5.40. The van der Waals surface area contributed by atoms with Crippen molar-refractivity contribution in [3.8, 4) is 0 Å². The summed E-state index contributed by atoms with van der Waals surface area (Å²) >= 11 is 0. The Kier molecular flexibility index (Phi) is 24.4. The average Bonchev–Trinajstić information content (AvgIpc) is 3.06. The number of carbonyl (C=O) groups excluding carboxylic acids is 6. The predicted molar refractivity (Wildman–Crippen MR) is 222 cm³/mol. The van der Waals surface area contributed by atoms with Crippen LogP contribution >= 0.6 is 0 Å². The second-order valence-corrected chi connectivity index (χ2v) is 18.6. The molecular weight excluding hydrogens is 784 g/mol. The van der Waals surface area contributed by atoms with Gasteiger partial charge in [0.05, 0.1) is 65.9 Å². The number of esters is 4. The molecule has 0 spiro atoms. The molecule has 1 heterocycles. The van der Waals surface area contributed by atoms with Gasteiger partial charge in [-0.25, -0.2) is 9.59 Å². The van der Waals surface area contributed by atoms with Crippen LogP contribution in [0.3, 0.4) is 0 Å². The normalized spacial score (nSPS) is 17.8. The molecule has 18 nitrogen and oxygen atoms in total. The smallest absolute Gasteiger partial charge is 0.329 e. The van der Waals surface area contributed by atoms with Crippen LogP contribution in [0.1, 0.15) is 109 Å². The fraction of sp³-hybridized carbons (Fsp3) is 0.857. The van der Waals surface area contributed by atoms with Gasteiger partial charge in [0.2, 0.25) is 11.8 Å². The molecular formula is C42H76N4O14. The Morgan fingerprint density at radius 3 is 0.967 bits per heavy atom. The molecule has 1 aliphatic heterocycles. The van der Waals surface area contributed by atoms with E-state index in [0.29, 0.717) is 26.2 Å². The molecule has 2 N–H and O–H groups in total. The van der Waals surface area contributed by atoms with Crippen molar-refractivity contribution in [3.63, 3.8) is 0 Å². The van der Waals surface area contributed by atoms with Gasteiger partial charge in [0, 0.05) is 39.0 Å². The highest BCUT2D eigenvalue weighted by molar-refractivity contribution is 5.87. The first-order chi connectivity index (χ1) is 27.7. The maximum atomic E-state index is 13.3. The summed E-state index contributed by atoms with van der Waals surface area (Å²) in [6, 6.07) is -2.11. The lowest BCUT2D eigenvalue weighted by Crippen LogP contribution is -2.48. The van der Waals surface area contributed by atoms with Crippen molar-refractivity contribution in [2.75, 3.05) is 92.1 Å². The summed E-state index contributed by atoms with van der Waals surface area (Å²) in [6.07, 6.45) is -0.143. The summed E-state index contributed by atoms with van der Waals surface area (Å²) in [7, 11) is 0. The van der Waals surface area contributed by atoms with E-state index in [1.54, 1.807) is 83.1 Å². The van der Waals surface area contributed by atoms with Gasteiger partial charge in [-0.3, -0.25) is 29.0 Å². The molecule has 1 fully saturated rings. The molecule has 1 rings (SSSR count). The van der Waals surface area contributed by atoms with Crippen molar-refractivity contribution < 1.29 is 66.7 Å². The number of nitrogens with zero attached hydrogens (tertiary/aromatic N) is 2. The van der Waals surface area contributed by atoms with Crippen LogP contribution in [0, 0.1) is 0 Å². The third kappa shape index (κ3) is 29.7. The van der Waals surface area contributed by atoms with Crippen LogP contribution in [0.15, 0.2) is 0 Å². The summed E-state index contributed by atoms with van der Waals surface area (Å²) in [5, 5.41) is 5.48. The van der Waals surface area contributed by atoms with Crippen LogP contribution in [0.2, 0.25) is 0 Å². The van der Waals surface area contributed by atoms with E-state index in [-0.39, 0.29) is 91.6 Å². The highest BCUT2D eigenvalue weighted by Crippen LogP contribution is 2.15. The van der Waals surface area contributed by atoms with E-state index in [4.69, 9.17) is 37.9 Å². The standard InChI is InChI=1S/C42H76N4O14/c1-39(2,3)57-35(49)15-13-31(37(51)59-41(7,8)9)43-33(47)29-45-17-21-53-25-27-55-23-19-46(20-24-56-28-26-54-22-18-45)30-34(48)44-32(38(52)60-42(10,11)12)14-16-36(50)58-40(4,5)6/h31-32H,13-30H2,1-12H3,(H,43,47)(H,44,48). The molecule has 348 valence electrons. The Morgan fingerprint density at radius 2 is 0.717 bits per heavy atom. The highest BCUT2D eigenvalue weighted by atomic mass is 16.6. The molecule has 0 aromatic heterocycles. The first-order valence-corrected chi connectivity index (χ1v) is 20.9. The molecule has 0 aromatic rings. The van der Waals surface area contributed by atoms with Crippen LogP contribution in [-0.4, -0.2) is 172 Å². The van der Waals surface area contributed by atoms with Crippen LogP contribution in [0.4, 0.5) is 0 Å². The monoisotopic (exact) mass is 861 g/mol. The molecule has 0 aromatic carbocycles. The van der Waals surface area contributed by atoms with Crippen molar-refractivity contribution in [2.24, 2.45) is 0 Å². The lowest BCUT2D eigenvalue weighted by Gasteiger charge is -2.27. The van der Waals surface area contributed by atoms with Crippen molar-refractivity contribution in [3.05, 3.63) is 0 Å². The molecule has 1 aliphatic rings. The molecule has 0 saturated carbocycles. The third-order valence-electron chi connectivity index (χ3n) is 7.85. The van der Waals surface area contributed by atoms with E-state index in [0.717, 1.165) is 0 Å². The molecule has 1 saturated heterocycles. The van der Waals surface area contributed by atoms with Crippen molar-refractivity contribution in [1.29, 1.82) is 0 Å². The topological polar surface area (TPSA) is 207 Å².